The molecule has 7 heteroatoms. The molecule has 1 aromatic rings. The number of hydrogen-bond donors (Lipinski definition) is 2. The third-order valence-corrected chi connectivity index (χ3v) is 3.49. The Labute approximate surface area is 124 Å². The van der Waals surface area contributed by atoms with Crippen molar-refractivity contribution >= 4 is 39.3 Å². The van der Waals surface area contributed by atoms with Gasteiger partial charge in [-0.05, 0) is 18.2 Å². The number of carbonyl (C=O) groups excluding carboxylic acids is 3. The Bertz CT molecular complexity index is 562. The molecule has 1 aromatic carbocycles. The molecule has 1 aliphatic rings. The fraction of sp³-hybridized carbons (Fsp3) is 0.308. The van der Waals surface area contributed by atoms with Crippen molar-refractivity contribution in [2.45, 2.75) is 12.5 Å². The number of imide groups is 1. The van der Waals surface area contributed by atoms with Crippen LogP contribution in [0.1, 0.15) is 6.42 Å². The van der Waals surface area contributed by atoms with Gasteiger partial charge in [-0.15, -0.1) is 0 Å². The lowest BCUT2D eigenvalue weighted by atomic mass is 10.2. The minimum Gasteiger partial charge on any atom is -0.325 e. The van der Waals surface area contributed by atoms with Crippen LogP contribution >= 0.6 is 15.9 Å². The van der Waals surface area contributed by atoms with Gasteiger partial charge in [-0.3, -0.25) is 24.6 Å². The van der Waals surface area contributed by atoms with Gasteiger partial charge in [0.05, 0.1) is 19.0 Å². The average Bonchev–Trinajstić information content (AvgIpc) is 2.64. The third kappa shape index (κ3) is 3.43. The number of likely N-dealkylation sites (tertiary alicyclic amines) is 1. The van der Waals surface area contributed by atoms with Gasteiger partial charge in [-0.2, -0.15) is 0 Å². The van der Waals surface area contributed by atoms with Gasteiger partial charge < -0.3 is 5.32 Å². The van der Waals surface area contributed by atoms with Gasteiger partial charge in [-0.25, -0.2) is 0 Å². The molecule has 3 amide bonds. The number of halogens is 1. The van der Waals surface area contributed by atoms with Crippen LogP contribution in [-0.2, 0) is 14.4 Å². The predicted molar refractivity (Wildman–Crippen MR) is 77.0 cm³/mol. The third-order valence-electron chi connectivity index (χ3n) is 3.00. The highest BCUT2D eigenvalue weighted by Gasteiger charge is 2.35. The molecular formula is C13H14BrN3O3. The van der Waals surface area contributed by atoms with Crippen molar-refractivity contribution in [2.75, 3.05) is 18.9 Å². The maximum Gasteiger partial charge on any atom is 0.246 e. The van der Waals surface area contributed by atoms with Crippen LogP contribution < -0.4 is 10.6 Å². The van der Waals surface area contributed by atoms with Crippen LogP contribution in [-0.4, -0.2) is 42.3 Å². The zero-order valence-electron chi connectivity index (χ0n) is 10.9. The Balaban J connectivity index is 1.84. The topological polar surface area (TPSA) is 78.5 Å². The zero-order valence-corrected chi connectivity index (χ0v) is 12.4. The highest BCUT2D eigenvalue weighted by molar-refractivity contribution is 9.10. The molecule has 2 rings (SSSR count). The molecule has 1 aliphatic heterocycles. The lowest BCUT2D eigenvalue weighted by Gasteiger charge is -2.11. The highest BCUT2D eigenvalue weighted by Crippen LogP contribution is 2.15. The van der Waals surface area contributed by atoms with Crippen LogP contribution in [0.5, 0.6) is 0 Å². The molecule has 0 bridgehead atoms. The molecule has 0 aliphatic carbocycles. The first-order valence-electron chi connectivity index (χ1n) is 6.06. The minimum absolute atomic E-state index is 0.0238. The lowest BCUT2D eigenvalue weighted by molar-refractivity contribution is -0.137. The molecular weight excluding hydrogens is 326 g/mol. The predicted octanol–water partition coefficient (Wildman–Crippen LogP) is 0.735. The van der Waals surface area contributed by atoms with E-state index < -0.39 is 6.04 Å². The Morgan fingerprint density at radius 2 is 2.20 bits per heavy atom. The summed E-state index contributed by atoms with van der Waals surface area (Å²) in [6.07, 6.45) is 0.0967. The monoisotopic (exact) mass is 339 g/mol. The number of anilines is 1. The summed E-state index contributed by atoms with van der Waals surface area (Å²) >= 11 is 3.31. The fourth-order valence-corrected chi connectivity index (χ4v) is 2.30. The van der Waals surface area contributed by atoms with Crippen LogP contribution in [0.4, 0.5) is 5.69 Å². The second-order valence-corrected chi connectivity index (χ2v) is 5.40. The summed E-state index contributed by atoms with van der Waals surface area (Å²) < 4.78 is 0.862. The Morgan fingerprint density at radius 1 is 1.45 bits per heavy atom. The van der Waals surface area contributed by atoms with Crippen molar-refractivity contribution in [2.24, 2.45) is 0 Å². The highest BCUT2D eigenvalue weighted by atomic mass is 79.9. The maximum absolute atomic E-state index is 11.8. The molecule has 1 heterocycles. The van der Waals surface area contributed by atoms with E-state index in [9.17, 15) is 14.4 Å². The molecule has 1 atom stereocenters. The Kier molecular flexibility index (Phi) is 4.51. The molecule has 0 saturated carbocycles. The van der Waals surface area contributed by atoms with E-state index in [-0.39, 0.29) is 30.7 Å². The van der Waals surface area contributed by atoms with Crippen molar-refractivity contribution in [1.82, 2.24) is 10.2 Å². The van der Waals surface area contributed by atoms with Crippen LogP contribution in [0.15, 0.2) is 28.7 Å². The van der Waals surface area contributed by atoms with Crippen LogP contribution in [0.25, 0.3) is 0 Å². The van der Waals surface area contributed by atoms with Crippen LogP contribution in [0, 0.1) is 0 Å². The number of hydrogen-bond acceptors (Lipinski definition) is 4. The first-order chi connectivity index (χ1) is 9.47. The molecule has 20 heavy (non-hydrogen) atoms. The minimum atomic E-state index is -0.610. The molecule has 0 aromatic heterocycles. The molecule has 0 spiro atoms. The number of likely N-dealkylation sites (N-methyl/N-ethyl adjacent to an activating group) is 1. The van der Waals surface area contributed by atoms with E-state index >= 15 is 0 Å². The SMILES string of the molecule is CN1C(=O)CC(NCC(=O)Nc2cccc(Br)c2)C1=O. The molecule has 1 saturated heterocycles. The summed E-state index contributed by atoms with van der Waals surface area (Å²) in [6, 6.07) is 6.59. The second-order valence-electron chi connectivity index (χ2n) is 4.49. The molecule has 0 radical (unpaired) electrons. The summed E-state index contributed by atoms with van der Waals surface area (Å²) in [5, 5.41) is 5.49. The van der Waals surface area contributed by atoms with Gasteiger partial charge in [0.15, 0.2) is 0 Å². The largest absolute Gasteiger partial charge is 0.325 e. The van der Waals surface area contributed by atoms with E-state index in [1.807, 2.05) is 6.07 Å². The smallest absolute Gasteiger partial charge is 0.246 e. The number of nitrogens with one attached hydrogen (secondary N) is 2. The van der Waals surface area contributed by atoms with E-state index in [4.69, 9.17) is 0 Å². The van der Waals surface area contributed by atoms with E-state index in [0.717, 1.165) is 9.37 Å². The quantitative estimate of drug-likeness (QED) is 0.793. The van der Waals surface area contributed by atoms with Crippen molar-refractivity contribution in [3.63, 3.8) is 0 Å². The van der Waals surface area contributed by atoms with Crippen molar-refractivity contribution < 1.29 is 14.4 Å². The first kappa shape index (κ1) is 14.7. The van der Waals surface area contributed by atoms with Gasteiger partial charge in [0.1, 0.15) is 0 Å². The van der Waals surface area contributed by atoms with Crippen molar-refractivity contribution in [1.29, 1.82) is 0 Å². The van der Waals surface area contributed by atoms with E-state index in [1.165, 1.54) is 7.05 Å². The van der Waals surface area contributed by atoms with Gasteiger partial charge in [0, 0.05) is 17.2 Å². The second kappa shape index (κ2) is 6.15. The Hall–Kier alpha value is -1.73. The maximum atomic E-state index is 11.8. The molecule has 1 fully saturated rings. The number of rotatable bonds is 4. The normalized spacial score (nSPS) is 18.5. The fourth-order valence-electron chi connectivity index (χ4n) is 1.90. The summed E-state index contributed by atoms with van der Waals surface area (Å²) in [5.74, 6) is -0.803. The molecule has 106 valence electrons. The number of benzene rings is 1. The summed E-state index contributed by atoms with van der Waals surface area (Å²) in [7, 11) is 1.44. The van der Waals surface area contributed by atoms with E-state index in [2.05, 4.69) is 26.6 Å². The molecule has 1 unspecified atom stereocenters. The van der Waals surface area contributed by atoms with Crippen LogP contribution in [0.2, 0.25) is 0 Å². The van der Waals surface area contributed by atoms with Gasteiger partial charge in [-0.1, -0.05) is 22.0 Å². The van der Waals surface area contributed by atoms with Gasteiger partial charge in [0.2, 0.25) is 17.7 Å². The summed E-state index contributed by atoms with van der Waals surface area (Å²) in [6.45, 7) is -0.0238. The summed E-state index contributed by atoms with van der Waals surface area (Å²) in [5.41, 5.74) is 0.664. The zero-order chi connectivity index (χ0) is 14.7. The molecule has 2 N–H and O–H groups in total. The number of amides is 3. The van der Waals surface area contributed by atoms with Gasteiger partial charge in [0.25, 0.3) is 0 Å². The van der Waals surface area contributed by atoms with E-state index in [1.54, 1.807) is 18.2 Å². The van der Waals surface area contributed by atoms with Gasteiger partial charge >= 0.3 is 0 Å². The van der Waals surface area contributed by atoms with Crippen molar-refractivity contribution in [3.8, 4) is 0 Å². The first-order valence-corrected chi connectivity index (χ1v) is 6.86. The number of nitrogens with zero attached hydrogens (tertiary/aromatic N) is 1. The van der Waals surface area contributed by atoms with Crippen molar-refractivity contribution in [3.05, 3.63) is 28.7 Å². The molecule has 6 nitrogen and oxygen atoms in total. The van der Waals surface area contributed by atoms with Crippen LogP contribution in [0.3, 0.4) is 0 Å². The lowest BCUT2D eigenvalue weighted by Crippen LogP contribution is -2.41. The number of carbonyl (C=O) groups is 3. The standard InChI is InChI=1S/C13H14BrN3O3/c1-17-12(19)6-10(13(17)20)15-7-11(18)16-9-4-2-3-8(14)5-9/h2-5,10,15H,6-7H2,1H3,(H,16,18). The summed E-state index contributed by atoms with van der Waals surface area (Å²) in [4.78, 5) is 35.8. The Morgan fingerprint density at radius 3 is 2.80 bits per heavy atom. The average molecular weight is 340 g/mol. The van der Waals surface area contributed by atoms with E-state index in [0.29, 0.717) is 5.69 Å².